The van der Waals surface area contributed by atoms with Crippen LogP contribution in [0.3, 0.4) is 0 Å². The minimum Gasteiger partial charge on any atom is -0.492 e. The zero-order valence-electron chi connectivity index (χ0n) is 13.4. The van der Waals surface area contributed by atoms with Gasteiger partial charge in [0.1, 0.15) is 12.1 Å². The van der Waals surface area contributed by atoms with Gasteiger partial charge in [-0.1, -0.05) is 30.4 Å². The minimum atomic E-state index is -0.253. The number of hydrogen-bond acceptors (Lipinski definition) is 5. The molecule has 1 fully saturated rings. The number of aromatic nitrogens is 3. The number of aromatic hydroxyl groups is 1. The number of nitrogens with zero attached hydrogens (tertiary/aromatic N) is 4. The Morgan fingerprint density at radius 3 is 2.62 bits per heavy atom. The molecular formula is C17H19FN4OS. The number of hydrogen-bond donors (Lipinski definition) is 1. The molecule has 4 rings (SSSR count). The summed E-state index contributed by atoms with van der Waals surface area (Å²) in [5, 5.41) is 14.7. The van der Waals surface area contributed by atoms with E-state index in [1.54, 1.807) is 12.1 Å². The first-order chi connectivity index (χ1) is 11.6. The van der Waals surface area contributed by atoms with Crippen LogP contribution in [0.2, 0.25) is 0 Å². The fourth-order valence-electron chi connectivity index (χ4n) is 3.33. The second-order valence-corrected chi connectivity index (χ2v) is 7.43. The van der Waals surface area contributed by atoms with Crippen LogP contribution in [-0.2, 0) is 0 Å². The second kappa shape index (κ2) is 6.14. The van der Waals surface area contributed by atoms with Gasteiger partial charge >= 0.3 is 0 Å². The lowest BCUT2D eigenvalue weighted by atomic mass is 9.95. The summed E-state index contributed by atoms with van der Waals surface area (Å²) in [7, 11) is 0. The van der Waals surface area contributed by atoms with Gasteiger partial charge < -0.3 is 5.11 Å². The summed E-state index contributed by atoms with van der Waals surface area (Å²) in [5.74, 6) is 0.586. The molecule has 24 heavy (non-hydrogen) atoms. The first-order valence-corrected chi connectivity index (χ1v) is 8.96. The van der Waals surface area contributed by atoms with E-state index in [9.17, 15) is 9.50 Å². The number of halogens is 1. The van der Waals surface area contributed by atoms with Crippen LogP contribution in [0.4, 0.5) is 4.39 Å². The molecule has 1 N–H and O–H groups in total. The molecule has 1 aliphatic rings. The topological polar surface area (TPSA) is 53.7 Å². The Morgan fingerprint density at radius 1 is 1.25 bits per heavy atom. The molecule has 126 valence electrons. The number of likely N-dealkylation sites (tertiary alicyclic amines) is 1. The maximum Gasteiger partial charge on any atom is 0.230 e. The van der Waals surface area contributed by atoms with Crippen molar-refractivity contribution in [2.75, 3.05) is 13.1 Å². The molecule has 3 heterocycles. The molecule has 0 aliphatic carbocycles. The lowest BCUT2D eigenvalue weighted by Gasteiger charge is -2.36. The monoisotopic (exact) mass is 346 g/mol. The standard InChI is InChI=1S/C17H19FN4OS/c1-11-6-8-21(9-7-11)14(12-2-4-13(18)5-3-12)15-16(23)22-17(24-15)19-10-20-22/h2-5,10-11,14,23H,6-9H2,1H3/t14-/m0/s1. The van der Waals surface area contributed by atoms with E-state index in [0.29, 0.717) is 10.9 Å². The van der Waals surface area contributed by atoms with Gasteiger partial charge in [0, 0.05) is 0 Å². The molecule has 0 spiro atoms. The molecule has 1 aromatic carbocycles. The van der Waals surface area contributed by atoms with Crippen LogP contribution in [0.15, 0.2) is 30.6 Å². The smallest absolute Gasteiger partial charge is 0.230 e. The van der Waals surface area contributed by atoms with E-state index in [1.165, 1.54) is 34.3 Å². The van der Waals surface area contributed by atoms with Crippen molar-refractivity contribution in [1.29, 1.82) is 0 Å². The van der Waals surface area contributed by atoms with Crippen LogP contribution in [0.1, 0.15) is 36.2 Å². The second-order valence-electron chi connectivity index (χ2n) is 6.42. The third-order valence-electron chi connectivity index (χ3n) is 4.76. The molecule has 1 atom stereocenters. The van der Waals surface area contributed by atoms with E-state index in [-0.39, 0.29) is 17.7 Å². The van der Waals surface area contributed by atoms with E-state index < -0.39 is 0 Å². The van der Waals surface area contributed by atoms with Crippen molar-refractivity contribution >= 4 is 16.3 Å². The van der Waals surface area contributed by atoms with Crippen molar-refractivity contribution < 1.29 is 9.50 Å². The van der Waals surface area contributed by atoms with E-state index >= 15 is 0 Å². The first kappa shape index (κ1) is 15.5. The third-order valence-corrected chi connectivity index (χ3v) is 5.84. The Hall–Kier alpha value is -1.99. The Kier molecular flexibility index (Phi) is 3.97. The summed E-state index contributed by atoms with van der Waals surface area (Å²) in [6.07, 6.45) is 3.68. The molecule has 0 bridgehead atoms. The Bertz CT molecular complexity index is 836. The fourth-order valence-corrected chi connectivity index (χ4v) is 4.42. The first-order valence-electron chi connectivity index (χ1n) is 8.14. The predicted octanol–water partition coefficient (Wildman–Crippen LogP) is 3.46. The van der Waals surface area contributed by atoms with Crippen molar-refractivity contribution in [2.45, 2.75) is 25.8 Å². The maximum atomic E-state index is 13.4. The summed E-state index contributed by atoms with van der Waals surface area (Å²) in [5.41, 5.74) is 0.978. The van der Waals surface area contributed by atoms with E-state index in [2.05, 4.69) is 21.9 Å². The summed E-state index contributed by atoms with van der Waals surface area (Å²) >= 11 is 1.44. The number of thiazole rings is 1. The van der Waals surface area contributed by atoms with Crippen molar-refractivity contribution in [3.05, 3.63) is 46.9 Å². The zero-order chi connectivity index (χ0) is 16.7. The van der Waals surface area contributed by atoms with Gasteiger partial charge in [0.15, 0.2) is 0 Å². The lowest BCUT2D eigenvalue weighted by Crippen LogP contribution is -2.36. The van der Waals surface area contributed by atoms with Crippen LogP contribution < -0.4 is 0 Å². The van der Waals surface area contributed by atoms with Gasteiger partial charge in [-0.2, -0.15) is 9.61 Å². The highest BCUT2D eigenvalue weighted by molar-refractivity contribution is 7.17. The number of fused-ring (bicyclic) bond motifs is 1. The molecule has 0 amide bonds. The van der Waals surface area contributed by atoms with E-state index in [1.807, 2.05) is 0 Å². The summed E-state index contributed by atoms with van der Waals surface area (Å²) < 4.78 is 14.8. The van der Waals surface area contributed by atoms with Gasteiger partial charge in [0.2, 0.25) is 10.8 Å². The van der Waals surface area contributed by atoms with Gasteiger partial charge in [-0.25, -0.2) is 9.37 Å². The normalized spacial score (nSPS) is 18.2. The van der Waals surface area contributed by atoms with Gasteiger partial charge in [-0.15, -0.1) is 0 Å². The molecular weight excluding hydrogens is 327 g/mol. The minimum absolute atomic E-state index is 0.105. The Balaban J connectivity index is 1.78. The summed E-state index contributed by atoms with van der Waals surface area (Å²) in [6.45, 7) is 4.18. The number of benzene rings is 1. The number of piperidine rings is 1. The predicted molar refractivity (Wildman–Crippen MR) is 90.7 cm³/mol. The zero-order valence-corrected chi connectivity index (χ0v) is 14.2. The SMILES string of the molecule is CC1CCN([C@@H](c2ccc(F)cc2)c2sc3ncnn3c2O)CC1. The number of rotatable bonds is 3. The van der Waals surface area contributed by atoms with E-state index in [4.69, 9.17) is 0 Å². The van der Waals surface area contributed by atoms with Gasteiger partial charge in [-0.05, 0) is 49.5 Å². The average molecular weight is 346 g/mol. The Morgan fingerprint density at radius 2 is 1.96 bits per heavy atom. The van der Waals surface area contributed by atoms with Crippen LogP contribution in [0.25, 0.3) is 4.96 Å². The summed E-state index contributed by atoms with van der Waals surface area (Å²) in [6, 6.07) is 6.44. The maximum absolute atomic E-state index is 13.4. The molecule has 0 unspecified atom stereocenters. The van der Waals surface area contributed by atoms with Gasteiger partial charge in [-0.3, -0.25) is 4.90 Å². The largest absolute Gasteiger partial charge is 0.492 e. The Labute approximate surface area is 143 Å². The van der Waals surface area contributed by atoms with Crippen LogP contribution in [0.5, 0.6) is 5.88 Å². The highest BCUT2D eigenvalue weighted by Crippen LogP contribution is 2.40. The van der Waals surface area contributed by atoms with E-state index in [0.717, 1.165) is 36.4 Å². The van der Waals surface area contributed by atoms with Gasteiger partial charge in [0.25, 0.3) is 0 Å². The molecule has 2 aromatic heterocycles. The molecule has 3 aromatic rings. The van der Waals surface area contributed by atoms with Crippen molar-refractivity contribution in [3.8, 4) is 5.88 Å². The van der Waals surface area contributed by atoms with Gasteiger partial charge in [0.05, 0.1) is 10.9 Å². The summed E-state index contributed by atoms with van der Waals surface area (Å²) in [4.78, 5) is 8.02. The molecule has 1 aliphatic heterocycles. The lowest BCUT2D eigenvalue weighted by molar-refractivity contribution is 0.157. The molecule has 5 nitrogen and oxygen atoms in total. The van der Waals surface area contributed by atoms with Crippen LogP contribution in [-0.4, -0.2) is 37.7 Å². The van der Waals surface area contributed by atoms with Crippen LogP contribution >= 0.6 is 11.3 Å². The quantitative estimate of drug-likeness (QED) is 0.789. The third kappa shape index (κ3) is 2.67. The van der Waals surface area contributed by atoms with Crippen molar-refractivity contribution in [2.24, 2.45) is 5.92 Å². The van der Waals surface area contributed by atoms with Crippen molar-refractivity contribution in [1.82, 2.24) is 19.5 Å². The highest BCUT2D eigenvalue weighted by Gasteiger charge is 2.31. The molecule has 0 saturated carbocycles. The molecule has 7 heteroatoms. The van der Waals surface area contributed by atoms with Crippen molar-refractivity contribution in [3.63, 3.8) is 0 Å². The van der Waals surface area contributed by atoms with Crippen LogP contribution in [0, 0.1) is 11.7 Å². The molecule has 1 saturated heterocycles. The molecule has 0 radical (unpaired) electrons. The fraction of sp³-hybridized carbons (Fsp3) is 0.412. The average Bonchev–Trinajstić information content (AvgIpc) is 3.15. The highest BCUT2D eigenvalue weighted by atomic mass is 32.1.